The second kappa shape index (κ2) is 6.85. The molecular weight excluding hydrogens is 388 g/mol. The van der Waals surface area contributed by atoms with Crippen LogP contribution in [-0.2, 0) is 9.53 Å². The lowest BCUT2D eigenvalue weighted by atomic mass is 10.1. The van der Waals surface area contributed by atoms with Crippen molar-refractivity contribution in [3.8, 4) is 0 Å². The van der Waals surface area contributed by atoms with Crippen LogP contribution in [0.2, 0.25) is 0 Å². The highest BCUT2D eigenvalue weighted by atomic mass is 79.9. The van der Waals surface area contributed by atoms with Crippen LogP contribution in [-0.4, -0.2) is 18.1 Å². The molecule has 0 aliphatic heterocycles. The summed E-state index contributed by atoms with van der Waals surface area (Å²) in [4.78, 5) is 16.2. The summed E-state index contributed by atoms with van der Waals surface area (Å²) in [6.07, 6.45) is 1.66. The summed E-state index contributed by atoms with van der Waals surface area (Å²) in [5.41, 5.74) is 0.816. The van der Waals surface area contributed by atoms with Crippen molar-refractivity contribution < 1.29 is 9.53 Å². The van der Waals surface area contributed by atoms with E-state index < -0.39 is 6.04 Å². The fraction of sp³-hybridized carbons (Fsp3) is 0.143. The first-order valence-electron chi connectivity index (χ1n) is 5.82. The zero-order valence-corrected chi connectivity index (χ0v) is 13.8. The van der Waals surface area contributed by atoms with Gasteiger partial charge in [0.05, 0.1) is 11.6 Å². The average molecular weight is 400 g/mol. The summed E-state index contributed by atoms with van der Waals surface area (Å²) in [5, 5.41) is 3.09. The van der Waals surface area contributed by atoms with Crippen LogP contribution < -0.4 is 5.32 Å². The Bertz CT molecular complexity index is 605. The average Bonchev–Trinajstić information content (AvgIpc) is 2.46. The summed E-state index contributed by atoms with van der Waals surface area (Å²) < 4.78 is 6.46. The van der Waals surface area contributed by atoms with Gasteiger partial charge in [0.25, 0.3) is 0 Å². The maximum atomic E-state index is 12.0. The largest absolute Gasteiger partial charge is 0.467 e. The van der Waals surface area contributed by atoms with Gasteiger partial charge in [-0.25, -0.2) is 9.78 Å². The van der Waals surface area contributed by atoms with Gasteiger partial charge in [-0.05, 0) is 43.5 Å². The van der Waals surface area contributed by atoms with E-state index in [1.165, 1.54) is 7.11 Å². The van der Waals surface area contributed by atoms with Crippen molar-refractivity contribution in [2.45, 2.75) is 6.04 Å². The molecule has 0 aliphatic carbocycles. The van der Waals surface area contributed by atoms with Crippen LogP contribution in [0.5, 0.6) is 0 Å². The Morgan fingerprint density at radius 3 is 2.60 bits per heavy atom. The fourth-order valence-corrected chi connectivity index (χ4v) is 2.80. The number of hydrogen-bond acceptors (Lipinski definition) is 4. The molecule has 0 aliphatic rings. The molecule has 2 rings (SSSR count). The van der Waals surface area contributed by atoms with Gasteiger partial charge in [0.1, 0.15) is 5.82 Å². The number of rotatable bonds is 4. The zero-order valence-electron chi connectivity index (χ0n) is 10.6. The van der Waals surface area contributed by atoms with E-state index in [1.807, 2.05) is 36.4 Å². The minimum atomic E-state index is -0.605. The standard InChI is InChI=1S/C14H12Br2N2O2/c1-20-14(19)12(9-5-3-2-4-6-9)18-13-11(16)7-10(15)8-17-13/h2-8,12H,1H3,(H,17,18). The number of methoxy groups -OCH3 is 1. The lowest BCUT2D eigenvalue weighted by Crippen LogP contribution is -2.23. The normalized spacial score (nSPS) is 11.8. The van der Waals surface area contributed by atoms with Crippen LogP contribution in [0.4, 0.5) is 5.82 Å². The van der Waals surface area contributed by atoms with Crippen LogP contribution in [0.15, 0.2) is 51.5 Å². The molecule has 4 nitrogen and oxygen atoms in total. The Labute approximate surface area is 133 Å². The number of benzene rings is 1. The second-order valence-corrected chi connectivity index (χ2v) is 5.77. The summed E-state index contributed by atoms with van der Waals surface area (Å²) in [7, 11) is 1.37. The van der Waals surface area contributed by atoms with Gasteiger partial charge in [-0.15, -0.1) is 0 Å². The lowest BCUT2D eigenvalue weighted by Gasteiger charge is -2.18. The Hall–Kier alpha value is -1.40. The van der Waals surface area contributed by atoms with E-state index in [-0.39, 0.29) is 5.97 Å². The number of pyridine rings is 1. The van der Waals surface area contributed by atoms with Gasteiger partial charge < -0.3 is 10.1 Å². The summed E-state index contributed by atoms with van der Waals surface area (Å²) >= 11 is 6.75. The Morgan fingerprint density at radius 1 is 1.30 bits per heavy atom. The topological polar surface area (TPSA) is 51.2 Å². The minimum Gasteiger partial charge on any atom is -0.467 e. The van der Waals surface area contributed by atoms with Crippen molar-refractivity contribution in [3.63, 3.8) is 0 Å². The molecule has 1 atom stereocenters. The first-order valence-corrected chi connectivity index (χ1v) is 7.40. The number of ether oxygens (including phenoxy) is 1. The van der Waals surface area contributed by atoms with E-state index >= 15 is 0 Å². The Balaban J connectivity index is 2.31. The highest BCUT2D eigenvalue weighted by Gasteiger charge is 2.22. The number of carbonyl (C=O) groups excluding carboxylic acids is 1. The second-order valence-electron chi connectivity index (χ2n) is 4.00. The third kappa shape index (κ3) is 3.58. The van der Waals surface area contributed by atoms with Crippen LogP contribution in [0, 0.1) is 0 Å². The molecule has 6 heteroatoms. The molecule has 1 unspecified atom stereocenters. The molecular formula is C14H12Br2N2O2. The van der Waals surface area contributed by atoms with E-state index in [2.05, 4.69) is 42.2 Å². The van der Waals surface area contributed by atoms with Gasteiger partial charge in [-0.2, -0.15) is 0 Å². The number of aromatic nitrogens is 1. The van der Waals surface area contributed by atoms with Gasteiger partial charge >= 0.3 is 5.97 Å². The molecule has 1 aromatic heterocycles. The van der Waals surface area contributed by atoms with Gasteiger partial charge in [0, 0.05) is 10.7 Å². The number of halogens is 2. The molecule has 0 bridgehead atoms. The predicted octanol–water partition coefficient (Wildman–Crippen LogP) is 3.93. The molecule has 0 saturated heterocycles. The smallest absolute Gasteiger partial charge is 0.333 e. The summed E-state index contributed by atoms with van der Waals surface area (Å²) in [5.74, 6) is 0.209. The van der Waals surface area contributed by atoms with Crippen LogP contribution >= 0.6 is 31.9 Å². The monoisotopic (exact) mass is 398 g/mol. The molecule has 1 N–H and O–H groups in total. The fourth-order valence-electron chi connectivity index (χ4n) is 1.70. The lowest BCUT2D eigenvalue weighted by molar-refractivity contribution is -0.141. The number of anilines is 1. The van der Waals surface area contributed by atoms with E-state index in [1.54, 1.807) is 6.20 Å². The summed E-state index contributed by atoms with van der Waals surface area (Å²) in [6, 6.07) is 10.6. The van der Waals surface area contributed by atoms with E-state index in [4.69, 9.17) is 4.74 Å². The highest BCUT2D eigenvalue weighted by molar-refractivity contribution is 9.11. The molecule has 1 aromatic carbocycles. The first kappa shape index (κ1) is 15.0. The molecule has 0 spiro atoms. The van der Waals surface area contributed by atoms with Crippen LogP contribution in [0.1, 0.15) is 11.6 Å². The van der Waals surface area contributed by atoms with Crippen molar-refractivity contribution >= 4 is 43.6 Å². The Kier molecular flexibility index (Phi) is 5.14. The molecule has 1 heterocycles. The van der Waals surface area contributed by atoms with Gasteiger partial charge in [-0.3, -0.25) is 0 Å². The third-order valence-electron chi connectivity index (χ3n) is 2.66. The first-order chi connectivity index (χ1) is 9.61. The van der Waals surface area contributed by atoms with Gasteiger partial charge in [0.15, 0.2) is 6.04 Å². The zero-order chi connectivity index (χ0) is 14.5. The molecule has 2 aromatic rings. The quantitative estimate of drug-likeness (QED) is 0.791. The third-order valence-corrected chi connectivity index (χ3v) is 3.70. The Morgan fingerprint density at radius 2 is 2.00 bits per heavy atom. The number of esters is 1. The van der Waals surface area contributed by atoms with E-state index in [0.717, 1.165) is 14.5 Å². The highest BCUT2D eigenvalue weighted by Crippen LogP contribution is 2.27. The van der Waals surface area contributed by atoms with Gasteiger partial charge in [-0.1, -0.05) is 30.3 Å². The SMILES string of the molecule is COC(=O)C(Nc1ncc(Br)cc1Br)c1ccccc1. The number of carbonyl (C=O) groups is 1. The molecule has 0 radical (unpaired) electrons. The molecule has 20 heavy (non-hydrogen) atoms. The van der Waals surface area contributed by atoms with Crippen molar-refractivity contribution in [1.82, 2.24) is 4.98 Å². The predicted molar refractivity (Wildman–Crippen MR) is 84.5 cm³/mol. The van der Waals surface area contributed by atoms with E-state index in [0.29, 0.717) is 5.82 Å². The summed E-state index contributed by atoms with van der Waals surface area (Å²) in [6.45, 7) is 0. The molecule has 0 fully saturated rings. The maximum Gasteiger partial charge on any atom is 0.333 e. The number of nitrogens with zero attached hydrogens (tertiary/aromatic N) is 1. The van der Waals surface area contributed by atoms with Crippen molar-refractivity contribution in [3.05, 3.63) is 57.1 Å². The van der Waals surface area contributed by atoms with Crippen molar-refractivity contribution in [2.75, 3.05) is 12.4 Å². The minimum absolute atomic E-state index is 0.368. The maximum absolute atomic E-state index is 12.0. The van der Waals surface area contributed by atoms with Crippen molar-refractivity contribution in [1.29, 1.82) is 0 Å². The number of nitrogens with one attached hydrogen (secondary N) is 1. The molecule has 104 valence electrons. The van der Waals surface area contributed by atoms with Gasteiger partial charge in [0.2, 0.25) is 0 Å². The molecule has 0 amide bonds. The van der Waals surface area contributed by atoms with Crippen molar-refractivity contribution in [2.24, 2.45) is 0 Å². The number of hydrogen-bond donors (Lipinski definition) is 1. The van der Waals surface area contributed by atoms with E-state index in [9.17, 15) is 4.79 Å². The van der Waals surface area contributed by atoms with Crippen LogP contribution in [0.3, 0.4) is 0 Å². The van der Waals surface area contributed by atoms with Crippen LogP contribution in [0.25, 0.3) is 0 Å². The molecule has 0 saturated carbocycles.